The summed E-state index contributed by atoms with van der Waals surface area (Å²) in [4.78, 5) is 0. The standard InChI is InChI=1S/C16H21F2NO/c17-13-7-12(8-14-3-1-2-6-19-14)16(15(18)9-13)20-10-11-4-5-11/h7,9,11,14,19H,1-6,8,10H2. The molecule has 0 aromatic heterocycles. The lowest BCUT2D eigenvalue weighted by Gasteiger charge is -2.24. The van der Waals surface area contributed by atoms with Crippen LogP contribution in [0, 0.1) is 17.6 Å². The van der Waals surface area contributed by atoms with Crippen molar-refractivity contribution in [3.63, 3.8) is 0 Å². The van der Waals surface area contributed by atoms with E-state index in [0.717, 1.165) is 31.9 Å². The van der Waals surface area contributed by atoms with E-state index in [0.29, 0.717) is 30.6 Å². The van der Waals surface area contributed by atoms with Gasteiger partial charge in [-0.15, -0.1) is 0 Å². The van der Waals surface area contributed by atoms with Crippen molar-refractivity contribution < 1.29 is 13.5 Å². The summed E-state index contributed by atoms with van der Waals surface area (Å²) in [6.45, 7) is 1.54. The lowest BCUT2D eigenvalue weighted by molar-refractivity contribution is 0.279. The normalized spacial score (nSPS) is 22.8. The van der Waals surface area contributed by atoms with Crippen molar-refractivity contribution in [2.24, 2.45) is 5.92 Å². The third-order valence-electron chi connectivity index (χ3n) is 4.12. The molecule has 0 radical (unpaired) electrons. The van der Waals surface area contributed by atoms with Gasteiger partial charge in [0.2, 0.25) is 0 Å². The van der Waals surface area contributed by atoms with E-state index in [1.807, 2.05) is 0 Å². The molecule has 4 heteroatoms. The van der Waals surface area contributed by atoms with Gasteiger partial charge in [0.25, 0.3) is 0 Å². The molecule has 1 saturated carbocycles. The molecular formula is C16H21F2NO. The highest BCUT2D eigenvalue weighted by atomic mass is 19.1. The van der Waals surface area contributed by atoms with E-state index in [1.54, 1.807) is 0 Å². The second-order valence-electron chi connectivity index (χ2n) is 5.98. The van der Waals surface area contributed by atoms with E-state index in [-0.39, 0.29) is 5.75 Å². The largest absolute Gasteiger partial charge is 0.490 e. The van der Waals surface area contributed by atoms with E-state index in [4.69, 9.17) is 4.74 Å². The molecule has 3 rings (SSSR count). The van der Waals surface area contributed by atoms with Crippen LogP contribution in [0.5, 0.6) is 5.75 Å². The molecule has 1 aromatic rings. The van der Waals surface area contributed by atoms with Gasteiger partial charge in [0.05, 0.1) is 6.61 Å². The number of hydrogen-bond donors (Lipinski definition) is 1. The maximum atomic E-state index is 14.0. The average Bonchev–Trinajstić information content (AvgIpc) is 3.23. The van der Waals surface area contributed by atoms with Crippen molar-refractivity contribution in [2.45, 2.75) is 44.6 Å². The third-order valence-corrected chi connectivity index (χ3v) is 4.12. The molecule has 1 heterocycles. The van der Waals surface area contributed by atoms with Gasteiger partial charge in [-0.05, 0) is 50.6 Å². The van der Waals surface area contributed by atoms with Gasteiger partial charge in [0, 0.05) is 17.7 Å². The lowest BCUT2D eigenvalue weighted by Crippen LogP contribution is -2.35. The van der Waals surface area contributed by atoms with Crippen molar-refractivity contribution in [3.8, 4) is 5.75 Å². The zero-order valence-corrected chi connectivity index (χ0v) is 11.6. The number of halogens is 2. The molecular weight excluding hydrogens is 260 g/mol. The Morgan fingerprint density at radius 2 is 2.00 bits per heavy atom. The van der Waals surface area contributed by atoms with Crippen LogP contribution in [0.1, 0.15) is 37.7 Å². The van der Waals surface area contributed by atoms with Crippen LogP contribution < -0.4 is 10.1 Å². The van der Waals surface area contributed by atoms with Crippen LogP contribution in [0.2, 0.25) is 0 Å². The molecule has 2 nitrogen and oxygen atoms in total. The van der Waals surface area contributed by atoms with Gasteiger partial charge in [0.15, 0.2) is 11.6 Å². The first-order chi connectivity index (χ1) is 9.72. The molecule has 1 aromatic carbocycles. The third kappa shape index (κ3) is 3.48. The average molecular weight is 281 g/mol. The van der Waals surface area contributed by atoms with Gasteiger partial charge in [-0.25, -0.2) is 8.78 Å². The predicted molar refractivity (Wildman–Crippen MR) is 73.9 cm³/mol. The molecule has 2 aliphatic rings. The summed E-state index contributed by atoms with van der Waals surface area (Å²) in [5.74, 6) is -0.283. The Hall–Kier alpha value is -1.16. The van der Waals surface area contributed by atoms with Crippen molar-refractivity contribution in [2.75, 3.05) is 13.2 Å². The minimum atomic E-state index is -0.573. The summed E-state index contributed by atoms with van der Waals surface area (Å²) in [5.41, 5.74) is 0.655. The number of benzene rings is 1. The summed E-state index contributed by atoms with van der Waals surface area (Å²) in [6.07, 6.45) is 6.35. The molecule has 1 N–H and O–H groups in total. The van der Waals surface area contributed by atoms with Crippen LogP contribution in [-0.2, 0) is 6.42 Å². The summed E-state index contributed by atoms with van der Waals surface area (Å²) in [6, 6.07) is 2.63. The maximum Gasteiger partial charge on any atom is 0.168 e. The van der Waals surface area contributed by atoms with E-state index in [9.17, 15) is 8.78 Å². The highest BCUT2D eigenvalue weighted by Gasteiger charge is 2.24. The SMILES string of the molecule is Fc1cc(F)c(OCC2CC2)c(CC2CCCCN2)c1. The van der Waals surface area contributed by atoms with E-state index >= 15 is 0 Å². The first-order valence-electron chi connectivity index (χ1n) is 7.56. The van der Waals surface area contributed by atoms with Crippen LogP contribution >= 0.6 is 0 Å². The summed E-state index contributed by atoms with van der Waals surface area (Å²) in [7, 11) is 0. The molecule has 2 fully saturated rings. The second kappa shape index (κ2) is 6.08. The van der Waals surface area contributed by atoms with Crippen molar-refractivity contribution in [3.05, 3.63) is 29.3 Å². The minimum Gasteiger partial charge on any atom is -0.490 e. The highest BCUT2D eigenvalue weighted by Crippen LogP contribution is 2.32. The van der Waals surface area contributed by atoms with Gasteiger partial charge < -0.3 is 10.1 Å². The van der Waals surface area contributed by atoms with E-state index in [1.165, 1.54) is 18.9 Å². The first-order valence-corrected chi connectivity index (χ1v) is 7.56. The Labute approximate surface area is 118 Å². The highest BCUT2D eigenvalue weighted by molar-refractivity contribution is 5.36. The maximum absolute atomic E-state index is 14.0. The van der Waals surface area contributed by atoms with Crippen molar-refractivity contribution >= 4 is 0 Å². The van der Waals surface area contributed by atoms with Crippen molar-refractivity contribution in [1.29, 1.82) is 0 Å². The monoisotopic (exact) mass is 281 g/mol. The lowest BCUT2D eigenvalue weighted by atomic mass is 9.97. The number of hydrogen-bond acceptors (Lipinski definition) is 2. The Kier molecular flexibility index (Phi) is 4.20. The molecule has 0 spiro atoms. The van der Waals surface area contributed by atoms with E-state index in [2.05, 4.69) is 5.32 Å². The number of rotatable bonds is 5. The zero-order chi connectivity index (χ0) is 13.9. The van der Waals surface area contributed by atoms with Gasteiger partial charge in [0.1, 0.15) is 5.82 Å². The fourth-order valence-electron chi connectivity index (χ4n) is 2.78. The molecule has 1 atom stereocenters. The Balaban J connectivity index is 1.74. The molecule has 1 aliphatic heterocycles. The predicted octanol–water partition coefficient (Wildman–Crippen LogP) is 3.44. The summed E-state index contributed by atoms with van der Waals surface area (Å²) in [5, 5.41) is 3.41. The summed E-state index contributed by atoms with van der Waals surface area (Å²) >= 11 is 0. The second-order valence-corrected chi connectivity index (χ2v) is 5.98. The Bertz CT molecular complexity index is 468. The molecule has 20 heavy (non-hydrogen) atoms. The fourth-order valence-corrected chi connectivity index (χ4v) is 2.78. The molecule has 110 valence electrons. The zero-order valence-electron chi connectivity index (χ0n) is 11.6. The number of piperidine rings is 1. The minimum absolute atomic E-state index is 0.255. The van der Waals surface area contributed by atoms with Crippen molar-refractivity contribution in [1.82, 2.24) is 5.32 Å². The molecule has 0 bridgehead atoms. The molecule has 1 saturated heterocycles. The van der Waals surface area contributed by atoms with Crippen LogP contribution in [0.4, 0.5) is 8.78 Å². The smallest absolute Gasteiger partial charge is 0.168 e. The molecule has 1 aliphatic carbocycles. The topological polar surface area (TPSA) is 21.3 Å². The van der Waals surface area contributed by atoms with Crippen LogP contribution in [0.25, 0.3) is 0 Å². The quantitative estimate of drug-likeness (QED) is 0.892. The van der Waals surface area contributed by atoms with Crippen LogP contribution in [0.3, 0.4) is 0 Å². The van der Waals surface area contributed by atoms with Gasteiger partial charge >= 0.3 is 0 Å². The number of nitrogens with one attached hydrogen (secondary N) is 1. The summed E-state index contributed by atoms with van der Waals surface area (Å²) < 4.78 is 33.0. The van der Waals surface area contributed by atoms with Crippen LogP contribution in [0.15, 0.2) is 12.1 Å². The fraction of sp³-hybridized carbons (Fsp3) is 0.625. The van der Waals surface area contributed by atoms with E-state index < -0.39 is 11.6 Å². The molecule has 1 unspecified atom stereocenters. The van der Waals surface area contributed by atoms with Gasteiger partial charge in [-0.3, -0.25) is 0 Å². The first kappa shape index (κ1) is 13.8. The van der Waals surface area contributed by atoms with Gasteiger partial charge in [-0.1, -0.05) is 6.42 Å². The molecule has 0 amide bonds. The van der Waals surface area contributed by atoms with Crippen LogP contribution in [-0.4, -0.2) is 19.2 Å². The number of ether oxygens (including phenoxy) is 1. The Morgan fingerprint density at radius 3 is 2.70 bits per heavy atom. The Morgan fingerprint density at radius 1 is 1.15 bits per heavy atom. The van der Waals surface area contributed by atoms with Gasteiger partial charge in [-0.2, -0.15) is 0 Å².